The van der Waals surface area contributed by atoms with Crippen LogP contribution in [-0.2, 0) is 22.6 Å². The summed E-state index contributed by atoms with van der Waals surface area (Å²) in [5.74, 6) is 0.848. The van der Waals surface area contributed by atoms with Crippen molar-refractivity contribution < 1.29 is 28.7 Å². The topological polar surface area (TPSA) is 96.5 Å². The van der Waals surface area contributed by atoms with Gasteiger partial charge < -0.3 is 24.7 Å². The van der Waals surface area contributed by atoms with Crippen LogP contribution in [0.1, 0.15) is 41.0 Å². The molecule has 0 fully saturated rings. The Hall–Kier alpha value is -2.77. The SMILES string of the molecule is CCn1c[n+](CC)c2ccc(OCCCNC(=O)OC(C)(C)C)cc21.O=C[O-]. The van der Waals surface area contributed by atoms with Crippen molar-refractivity contribution >= 4 is 23.6 Å². The van der Waals surface area contributed by atoms with Crippen molar-refractivity contribution in [2.45, 2.75) is 59.7 Å². The van der Waals surface area contributed by atoms with Gasteiger partial charge in [0.15, 0.2) is 11.0 Å². The summed E-state index contributed by atoms with van der Waals surface area (Å²) < 4.78 is 15.5. The minimum atomic E-state index is -0.500. The smallest absolute Gasteiger partial charge is 0.407 e. The van der Waals surface area contributed by atoms with Crippen LogP contribution in [0.5, 0.6) is 5.75 Å². The molecular formula is C20H31N3O5. The van der Waals surface area contributed by atoms with Gasteiger partial charge in [-0.1, -0.05) is 0 Å². The molecule has 0 spiro atoms. The van der Waals surface area contributed by atoms with E-state index in [1.165, 1.54) is 11.0 Å². The standard InChI is InChI=1S/C19H29N3O3.CH2O2/c1-6-21-14-22(7-2)17-13-15(9-10-16(17)21)24-12-8-11-20-18(23)25-19(3,4)5;2-1-3/h9-10,13-14H,6-8,11-12H2,1-5H3;1H,(H,2,3). The summed E-state index contributed by atoms with van der Waals surface area (Å²) >= 11 is 0. The number of aromatic nitrogens is 2. The van der Waals surface area contributed by atoms with Crippen LogP contribution in [-0.4, -0.2) is 35.9 Å². The van der Waals surface area contributed by atoms with Crippen molar-refractivity contribution in [3.63, 3.8) is 0 Å². The highest BCUT2D eigenvalue weighted by atomic mass is 16.6. The maximum atomic E-state index is 11.6. The lowest BCUT2D eigenvalue weighted by Crippen LogP contribution is -2.33. The minimum absolute atomic E-state index is 0.390. The van der Waals surface area contributed by atoms with Gasteiger partial charge in [-0.3, -0.25) is 0 Å². The molecule has 1 heterocycles. The van der Waals surface area contributed by atoms with Crippen LogP contribution in [0.25, 0.3) is 11.0 Å². The summed E-state index contributed by atoms with van der Waals surface area (Å²) in [5.41, 5.74) is 1.91. The van der Waals surface area contributed by atoms with Gasteiger partial charge in [0.2, 0.25) is 6.33 Å². The number of nitrogens with one attached hydrogen (secondary N) is 1. The number of rotatable bonds is 7. The van der Waals surface area contributed by atoms with E-state index >= 15 is 0 Å². The third-order valence-corrected chi connectivity index (χ3v) is 3.78. The summed E-state index contributed by atoms with van der Waals surface area (Å²) in [5, 5.41) is 11.0. The Labute approximate surface area is 166 Å². The Morgan fingerprint density at radius 2 is 2.00 bits per heavy atom. The average Bonchev–Trinajstić information content (AvgIpc) is 2.98. The minimum Gasteiger partial charge on any atom is -0.554 e. The molecule has 0 saturated heterocycles. The molecule has 28 heavy (non-hydrogen) atoms. The third kappa shape index (κ3) is 7.46. The lowest BCUT2D eigenvalue weighted by Gasteiger charge is -2.19. The number of amides is 1. The van der Waals surface area contributed by atoms with E-state index in [2.05, 4.69) is 46.8 Å². The number of hydrogen-bond acceptors (Lipinski definition) is 5. The summed E-state index contributed by atoms with van der Waals surface area (Å²) in [6.45, 7) is 12.3. The van der Waals surface area contributed by atoms with Crippen LogP contribution in [0.2, 0.25) is 0 Å². The van der Waals surface area contributed by atoms with Gasteiger partial charge in [-0.2, -0.15) is 0 Å². The zero-order valence-corrected chi connectivity index (χ0v) is 17.4. The Balaban J connectivity index is 0.00000122. The number of aryl methyl sites for hydroxylation is 2. The summed E-state index contributed by atoms with van der Waals surface area (Å²) in [6.07, 6.45) is 2.47. The van der Waals surface area contributed by atoms with Gasteiger partial charge in [0.1, 0.15) is 11.4 Å². The van der Waals surface area contributed by atoms with Crippen LogP contribution < -0.4 is 19.7 Å². The van der Waals surface area contributed by atoms with Gasteiger partial charge in [0.25, 0.3) is 0 Å². The van der Waals surface area contributed by atoms with Crippen LogP contribution in [0.3, 0.4) is 0 Å². The number of imidazole rings is 1. The lowest BCUT2D eigenvalue weighted by atomic mass is 10.2. The quantitative estimate of drug-likeness (QED) is 0.438. The van der Waals surface area contributed by atoms with Crippen molar-refractivity contribution in [3.8, 4) is 5.75 Å². The van der Waals surface area contributed by atoms with E-state index in [9.17, 15) is 4.79 Å². The number of alkyl carbamates (subject to hydrolysis) is 1. The highest BCUT2D eigenvalue weighted by molar-refractivity contribution is 5.73. The molecule has 2 aromatic rings. The molecule has 156 valence electrons. The Bertz CT molecular complexity index is 765. The van der Waals surface area contributed by atoms with Gasteiger partial charge in [-0.15, -0.1) is 0 Å². The van der Waals surface area contributed by atoms with Gasteiger partial charge in [-0.05, 0) is 53.2 Å². The predicted octanol–water partition coefficient (Wildman–Crippen LogP) is 1.63. The van der Waals surface area contributed by atoms with E-state index in [1.54, 1.807) is 0 Å². The monoisotopic (exact) mass is 393 g/mol. The van der Waals surface area contributed by atoms with Gasteiger partial charge in [0, 0.05) is 19.1 Å². The van der Waals surface area contributed by atoms with E-state index in [0.29, 0.717) is 13.2 Å². The van der Waals surface area contributed by atoms with E-state index in [-0.39, 0.29) is 6.09 Å². The molecule has 0 radical (unpaired) electrons. The van der Waals surface area contributed by atoms with Crippen LogP contribution >= 0.6 is 0 Å². The van der Waals surface area contributed by atoms with Crippen molar-refractivity contribution in [3.05, 3.63) is 24.5 Å². The second kappa shape index (κ2) is 11.2. The maximum Gasteiger partial charge on any atom is 0.407 e. The van der Waals surface area contributed by atoms with Crippen molar-refractivity contribution in [1.82, 2.24) is 9.88 Å². The highest BCUT2D eigenvalue weighted by Crippen LogP contribution is 2.19. The molecule has 0 unspecified atom stereocenters. The van der Waals surface area contributed by atoms with Crippen LogP contribution in [0.4, 0.5) is 4.79 Å². The predicted molar refractivity (Wildman–Crippen MR) is 104 cm³/mol. The second-order valence-electron chi connectivity index (χ2n) is 7.06. The fourth-order valence-electron chi connectivity index (χ4n) is 2.63. The first-order valence-corrected chi connectivity index (χ1v) is 9.43. The second-order valence-corrected chi connectivity index (χ2v) is 7.06. The molecule has 0 aliphatic rings. The van der Waals surface area contributed by atoms with E-state index in [0.717, 1.165) is 25.3 Å². The number of benzene rings is 1. The number of carbonyl (C=O) groups excluding carboxylic acids is 2. The Morgan fingerprint density at radius 3 is 2.57 bits per heavy atom. The van der Waals surface area contributed by atoms with E-state index in [1.807, 2.05) is 26.8 Å². The van der Waals surface area contributed by atoms with Crippen molar-refractivity contribution in [1.29, 1.82) is 0 Å². The lowest BCUT2D eigenvalue weighted by molar-refractivity contribution is -0.668. The highest BCUT2D eigenvalue weighted by Gasteiger charge is 2.16. The zero-order chi connectivity index (χ0) is 21.2. The molecular weight excluding hydrogens is 362 g/mol. The first-order chi connectivity index (χ1) is 13.3. The summed E-state index contributed by atoms with van der Waals surface area (Å²) in [7, 11) is 0. The van der Waals surface area contributed by atoms with Crippen molar-refractivity contribution in [2.75, 3.05) is 13.2 Å². The number of hydrogen-bond donors (Lipinski definition) is 1. The average molecular weight is 393 g/mol. The fourth-order valence-corrected chi connectivity index (χ4v) is 2.63. The molecule has 0 aliphatic carbocycles. The molecule has 1 amide bonds. The molecule has 1 aromatic heterocycles. The largest absolute Gasteiger partial charge is 0.554 e. The maximum absolute atomic E-state index is 11.6. The molecule has 0 atom stereocenters. The van der Waals surface area contributed by atoms with Gasteiger partial charge in [0.05, 0.1) is 19.7 Å². The zero-order valence-electron chi connectivity index (χ0n) is 17.4. The number of fused-ring (bicyclic) bond motifs is 1. The molecule has 8 nitrogen and oxygen atoms in total. The molecule has 1 N–H and O–H groups in total. The summed E-state index contributed by atoms with van der Waals surface area (Å²) in [4.78, 5) is 19.8. The number of carbonyl (C=O) groups is 2. The number of nitrogens with zero attached hydrogens (tertiary/aromatic N) is 2. The molecule has 0 aliphatic heterocycles. The molecule has 0 bridgehead atoms. The first kappa shape index (κ1) is 23.3. The fraction of sp³-hybridized carbons (Fsp3) is 0.550. The summed E-state index contributed by atoms with van der Waals surface area (Å²) in [6, 6.07) is 6.17. The molecule has 8 heteroatoms. The first-order valence-electron chi connectivity index (χ1n) is 9.43. The van der Waals surface area contributed by atoms with Crippen molar-refractivity contribution in [2.24, 2.45) is 0 Å². The van der Waals surface area contributed by atoms with Crippen LogP contribution in [0, 0.1) is 0 Å². The third-order valence-electron chi connectivity index (χ3n) is 3.78. The Morgan fingerprint density at radius 1 is 1.32 bits per heavy atom. The number of ether oxygens (including phenoxy) is 2. The number of carboxylic acid groups (broad SMARTS) is 1. The van der Waals surface area contributed by atoms with Gasteiger partial charge >= 0.3 is 6.09 Å². The Kier molecular flexibility index (Phi) is 9.27. The van der Waals surface area contributed by atoms with Crippen LogP contribution in [0.15, 0.2) is 24.5 Å². The molecule has 2 rings (SSSR count). The van der Waals surface area contributed by atoms with E-state index < -0.39 is 12.1 Å². The molecule has 1 aromatic carbocycles. The van der Waals surface area contributed by atoms with E-state index in [4.69, 9.17) is 19.4 Å². The molecule has 0 saturated carbocycles. The van der Waals surface area contributed by atoms with Gasteiger partial charge in [-0.25, -0.2) is 13.9 Å². The normalized spacial score (nSPS) is 10.8.